The predicted molar refractivity (Wildman–Crippen MR) is 140 cm³/mol. The smallest absolute Gasteiger partial charge is 0.379 e. The molecule has 0 aliphatic heterocycles. The highest BCUT2D eigenvalue weighted by atomic mass is 19.4. The Morgan fingerprint density at radius 2 is 1.82 bits per heavy atom. The molecule has 1 aliphatic rings. The van der Waals surface area contributed by atoms with Crippen molar-refractivity contribution in [2.24, 2.45) is 11.7 Å². The first-order chi connectivity index (χ1) is 18.7. The van der Waals surface area contributed by atoms with Crippen molar-refractivity contribution in [1.82, 2.24) is 14.8 Å². The summed E-state index contributed by atoms with van der Waals surface area (Å²) in [5.41, 5.74) is 5.10. The maximum atomic E-state index is 13.6. The summed E-state index contributed by atoms with van der Waals surface area (Å²) < 4.78 is 41.6. The maximum Gasteiger partial charge on any atom is 0.435 e. The van der Waals surface area contributed by atoms with Crippen molar-refractivity contribution < 1.29 is 23.1 Å². The van der Waals surface area contributed by atoms with Crippen LogP contribution in [0.4, 0.5) is 18.9 Å². The van der Waals surface area contributed by atoms with Crippen LogP contribution in [0.1, 0.15) is 58.7 Å². The van der Waals surface area contributed by atoms with Crippen molar-refractivity contribution in [3.05, 3.63) is 107 Å². The first-order valence-corrected chi connectivity index (χ1v) is 12.7. The van der Waals surface area contributed by atoms with Gasteiger partial charge in [0.25, 0.3) is 5.91 Å². The minimum absolute atomic E-state index is 0.176. The molecular weight excluding hydrogens is 507 g/mol. The van der Waals surface area contributed by atoms with Gasteiger partial charge in [-0.1, -0.05) is 43.2 Å². The Morgan fingerprint density at radius 1 is 1.03 bits per heavy atom. The third-order valence-corrected chi connectivity index (χ3v) is 6.92. The lowest BCUT2D eigenvalue weighted by Gasteiger charge is -2.29. The van der Waals surface area contributed by atoms with Gasteiger partial charge in [-0.3, -0.25) is 9.78 Å². The average molecular weight is 536 g/mol. The highest BCUT2D eigenvalue weighted by Crippen LogP contribution is 2.41. The number of amides is 1. The van der Waals surface area contributed by atoms with E-state index in [4.69, 9.17) is 5.73 Å². The molecule has 7 nitrogen and oxygen atoms in total. The zero-order chi connectivity index (χ0) is 27.6. The van der Waals surface area contributed by atoms with Gasteiger partial charge in [0, 0.05) is 24.5 Å². The first kappa shape index (κ1) is 26.6. The second-order valence-electron chi connectivity index (χ2n) is 9.79. The van der Waals surface area contributed by atoms with Crippen molar-refractivity contribution in [2.75, 3.05) is 5.32 Å². The monoisotopic (exact) mass is 535 g/mol. The van der Waals surface area contributed by atoms with Crippen LogP contribution in [0, 0.1) is 5.92 Å². The van der Waals surface area contributed by atoms with Gasteiger partial charge in [0.05, 0.1) is 11.4 Å². The van der Waals surface area contributed by atoms with Crippen LogP contribution in [0.3, 0.4) is 0 Å². The molecule has 4 aromatic rings. The quantitative estimate of drug-likeness (QED) is 0.265. The van der Waals surface area contributed by atoms with Crippen LogP contribution in [0.25, 0.3) is 5.69 Å². The number of carbonyl (C=O) groups excluding carboxylic acids is 1. The van der Waals surface area contributed by atoms with Gasteiger partial charge < -0.3 is 16.2 Å². The van der Waals surface area contributed by atoms with Crippen molar-refractivity contribution in [2.45, 2.75) is 44.0 Å². The Bertz CT molecular complexity index is 1470. The Morgan fingerprint density at radius 3 is 2.51 bits per heavy atom. The molecule has 1 amide bonds. The first-order valence-electron chi connectivity index (χ1n) is 12.7. The molecule has 0 spiro atoms. The normalized spacial score (nSPS) is 15.1. The third-order valence-electron chi connectivity index (χ3n) is 6.92. The second kappa shape index (κ2) is 10.6. The van der Waals surface area contributed by atoms with Crippen LogP contribution in [-0.2, 0) is 18.3 Å². The van der Waals surface area contributed by atoms with Crippen molar-refractivity contribution in [3.8, 4) is 5.69 Å². The van der Waals surface area contributed by atoms with Gasteiger partial charge in [-0.2, -0.15) is 18.3 Å². The van der Waals surface area contributed by atoms with Gasteiger partial charge in [0.1, 0.15) is 11.3 Å². The number of alkyl halides is 3. The molecule has 5 rings (SSSR count). The van der Waals surface area contributed by atoms with Crippen molar-refractivity contribution in [3.63, 3.8) is 0 Å². The van der Waals surface area contributed by atoms with E-state index in [2.05, 4.69) is 15.4 Å². The number of hydrogen-bond donors (Lipinski definition) is 3. The van der Waals surface area contributed by atoms with E-state index in [0.29, 0.717) is 40.9 Å². The molecule has 0 bridgehead atoms. The van der Waals surface area contributed by atoms with Gasteiger partial charge in [-0.05, 0) is 66.3 Å². The van der Waals surface area contributed by atoms with E-state index in [9.17, 15) is 23.1 Å². The van der Waals surface area contributed by atoms with E-state index in [1.807, 2.05) is 0 Å². The molecule has 1 atom stereocenters. The number of nitrogens with zero attached hydrogens (tertiary/aromatic N) is 3. The van der Waals surface area contributed by atoms with Crippen LogP contribution in [0.15, 0.2) is 79.0 Å². The number of pyridine rings is 1. The zero-order valence-corrected chi connectivity index (χ0v) is 21.0. The highest BCUT2D eigenvalue weighted by Gasteiger charge is 2.37. The fourth-order valence-corrected chi connectivity index (χ4v) is 4.59. The van der Waals surface area contributed by atoms with Gasteiger partial charge in [-0.25, -0.2) is 4.68 Å². The summed E-state index contributed by atoms with van der Waals surface area (Å²) in [6, 6.07) is 19.2. The van der Waals surface area contributed by atoms with Crippen LogP contribution in [-0.4, -0.2) is 25.8 Å². The molecule has 2 heterocycles. The summed E-state index contributed by atoms with van der Waals surface area (Å²) in [7, 11) is 0. The number of halogens is 3. The molecular formula is C29H28F3N5O2. The number of aliphatic hydroxyl groups is 1. The molecule has 1 fully saturated rings. The number of nitrogens with two attached hydrogens (primary N) is 1. The summed E-state index contributed by atoms with van der Waals surface area (Å²) in [5.74, 6) is -0.211. The molecule has 0 radical (unpaired) electrons. The average Bonchev–Trinajstić information content (AvgIpc) is 3.66. The number of carbonyl (C=O) groups is 1. The van der Waals surface area contributed by atoms with Gasteiger partial charge in [0.2, 0.25) is 0 Å². The van der Waals surface area contributed by atoms with Crippen LogP contribution < -0.4 is 11.1 Å². The van der Waals surface area contributed by atoms with Crippen molar-refractivity contribution >= 4 is 11.6 Å². The summed E-state index contributed by atoms with van der Waals surface area (Å²) in [4.78, 5) is 17.7. The summed E-state index contributed by atoms with van der Waals surface area (Å²) in [6.07, 6.45) is 0.414. The number of anilines is 1. The molecule has 4 N–H and O–H groups in total. The Kier molecular flexibility index (Phi) is 7.24. The minimum atomic E-state index is -4.74. The van der Waals surface area contributed by atoms with Crippen molar-refractivity contribution in [1.29, 1.82) is 0 Å². The standard InChI is InChI=1S/C29H28F3N5O2/c30-29(31,32)26-17-24(37(36-26)23-8-3-5-20(15-23)18-33)27(38)35-22-7-4-6-21(16-22)28(39,13-12-19-10-11-19)25-9-1-2-14-34-25/h1-9,14-17,19,39H,10-13,18,33H2,(H,35,38). The maximum absolute atomic E-state index is 13.6. The molecule has 202 valence electrons. The number of hydrogen-bond acceptors (Lipinski definition) is 5. The molecule has 1 unspecified atom stereocenters. The van der Waals surface area contributed by atoms with Gasteiger partial charge in [0.15, 0.2) is 5.69 Å². The number of rotatable bonds is 9. The number of benzene rings is 2. The van der Waals surface area contributed by atoms with E-state index in [1.54, 1.807) is 72.9 Å². The van der Waals surface area contributed by atoms with E-state index >= 15 is 0 Å². The largest absolute Gasteiger partial charge is 0.435 e. The Hall–Kier alpha value is -4.02. The molecule has 10 heteroatoms. The lowest BCUT2D eigenvalue weighted by atomic mass is 9.84. The van der Waals surface area contributed by atoms with Gasteiger partial charge >= 0.3 is 6.18 Å². The van der Waals surface area contributed by atoms with Crippen LogP contribution in [0.2, 0.25) is 0 Å². The van der Waals surface area contributed by atoms with E-state index < -0.39 is 23.4 Å². The number of nitrogens with one attached hydrogen (secondary N) is 1. The fourth-order valence-electron chi connectivity index (χ4n) is 4.59. The van der Waals surface area contributed by atoms with E-state index in [-0.39, 0.29) is 17.9 Å². The molecule has 1 aliphatic carbocycles. The van der Waals surface area contributed by atoms with Gasteiger partial charge in [-0.15, -0.1) is 0 Å². The SMILES string of the molecule is NCc1cccc(-n2nc(C(F)(F)F)cc2C(=O)Nc2cccc(C(O)(CCC3CC3)c3ccccn3)c2)c1. The van der Waals surface area contributed by atoms with Crippen LogP contribution in [0.5, 0.6) is 0 Å². The molecule has 2 aromatic carbocycles. The summed E-state index contributed by atoms with van der Waals surface area (Å²) in [6.45, 7) is 0.176. The molecule has 39 heavy (non-hydrogen) atoms. The number of aromatic nitrogens is 3. The lowest BCUT2D eigenvalue weighted by molar-refractivity contribution is -0.141. The zero-order valence-electron chi connectivity index (χ0n) is 21.0. The molecule has 1 saturated carbocycles. The molecule has 0 saturated heterocycles. The predicted octanol–water partition coefficient (Wildman–Crippen LogP) is 5.42. The molecule has 2 aromatic heterocycles. The minimum Gasteiger partial charge on any atom is -0.379 e. The third kappa shape index (κ3) is 5.86. The lowest BCUT2D eigenvalue weighted by Crippen LogP contribution is -2.29. The Labute approximate surface area is 223 Å². The van der Waals surface area contributed by atoms with E-state index in [1.165, 1.54) is 0 Å². The van der Waals surface area contributed by atoms with E-state index in [0.717, 1.165) is 23.9 Å². The summed E-state index contributed by atoms with van der Waals surface area (Å²) in [5, 5.41) is 18.2. The highest BCUT2D eigenvalue weighted by molar-refractivity contribution is 6.03. The second-order valence-corrected chi connectivity index (χ2v) is 9.79. The topological polar surface area (TPSA) is 106 Å². The Balaban J connectivity index is 1.48. The fraction of sp³-hybridized carbons (Fsp3) is 0.276. The van der Waals surface area contributed by atoms with Crippen LogP contribution >= 0.6 is 0 Å². The summed E-state index contributed by atoms with van der Waals surface area (Å²) >= 11 is 0.